The van der Waals surface area contributed by atoms with Crippen molar-refractivity contribution in [2.24, 2.45) is 0 Å². The number of oxazole rings is 1. The first-order valence-corrected chi connectivity index (χ1v) is 9.98. The Morgan fingerprint density at radius 3 is 2.69 bits per heavy atom. The molecule has 0 spiro atoms. The smallest absolute Gasteiger partial charge is 0.339 e. The third-order valence-electron chi connectivity index (χ3n) is 4.08. The number of ether oxygens (including phenoxy) is 1. The molecule has 7 heteroatoms. The van der Waals surface area contributed by atoms with Gasteiger partial charge in [-0.25, -0.2) is 9.78 Å². The third kappa shape index (κ3) is 4.75. The molecule has 0 radical (unpaired) electrons. The van der Waals surface area contributed by atoms with E-state index < -0.39 is 5.97 Å². The molecular formula is C22H18N2O4S. The van der Waals surface area contributed by atoms with Crippen molar-refractivity contribution in [2.75, 3.05) is 0 Å². The lowest BCUT2D eigenvalue weighted by Gasteiger charge is -2.07. The second-order valence-corrected chi connectivity index (χ2v) is 7.32. The lowest BCUT2D eigenvalue weighted by Crippen LogP contribution is -2.07. The largest absolute Gasteiger partial charge is 0.455 e. The van der Waals surface area contributed by atoms with E-state index >= 15 is 0 Å². The highest BCUT2D eigenvalue weighted by Gasteiger charge is 2.15. The van der Waals surface area contributed by atoms with Crippen molar-refractivity contribution in [3.8, 4) is 11.5 Å². The summed E-state index contributed by atoms with van der Waals surface area (Å²) in [6, 6.07) is 18.8. The molecule has 146 valence electrons. The molecule has 6 nitrogen and oxygen atoms in total. The van der Waals surface area contributed by atoms with E-state index in [1.54, 1.807) is 6.07 Å². The predicted molar refractivity (Wildman–Crippen MR) is 108 cm³/mol. The highest BCUT2D eigenvalue weighted by molar-refractivity contribution is 7.98. The van der Waals surface area contributed by atoms with Gasteiger partial charge in [0.15, 0.2) is 0 Å². The van der Waals surface area contributed by atoms with Crippen molar-refractivity contribution in [3.63, 3.8) is 0 Å². The van der Waals surface area contributed by atoms with Gasteiger partial charge in [0.1, 0.15) is 24.3 Å². The number of carbonyl (C=O) groups is 1. The van der Waals surface area contributed by atoms with Crippen molar-refractivity contribution in [3.05, 3.63) is 89.6 Å². The SMILES string of the molecule is Cc1cc(CSc2ccccc2C(=O)OCc2coc(-c3ccccc3)n2)on1. The van der Waals surface area contributed by atoms with Crippen LogP contribution >= 0.6 is 11.8 Å². The van der Waals surface area contributed by atoms with E-state index in [9.17, 15) is 4.79 Å². The van der Waals surface area contributed by atoms with Crippen LogP contribution in [0.5, 0.6) is 0 Å². The highest BCUT2D eigenvalue weighted by atomic mass is 32.2. The number of nitrogens with zero attached hydrogens (tertiary/aromatic N) is 2. The minimum absolute atomic E-state index is 0.0372. The molecule has 0 bridgehead atoms. The molecule has 2 aromatic heterocycles. The van der Waals surface area contributed by atoms with Gasteiger partial charge in [0.05, 0.1) is 17.0 Å². The van der Waals surface area contributed by atoms with Crippen LogP contribution in [0.4, 0.5) is 0 Å². The van der Waals surface area contributed by atoms with Gasteiger partial charge in [0.25, 0.3) is 0 Å². The van der Waals surface area contributed by atoms with Gasteiger partial charge in [-0.15, -0.1) is 11.8 Å². The molecule has 0 N–H and O–H groups in total. The number of esters is 1. The van der Waals surface area contributed by atoms with Gasteiger partial charge in [-0.2, -0.15) is 0 Å². The predicted octanol–water partition coefficient (Wildman–Crippen LogP) is 5.29. The Balaban J connectivity index is 1.39. The van der Waals surface area contributed by atoms with Crippen molar-refractivity contribution in [1.82, 2.24) is 10.1 Å². The van der Waals surface area contributed by atoms with Gasteiger partial charge in [-0.1, -0.05) is 35.5 Å². The van der Waals surface area contributed by atoms with Crippen molar-refractivity contribution in [1.29, 1.82) is 0 Å². The molecule has 0 saturated heterocycles. The summed E-state index contributed by atoms with van der Waals surface area (Å²) in [7, 11) is 0. The first-order chi connectivity index (χ1) is 14.2. The maximum Gasteiger partial charge on any atom is 0.339 e. The lowest BCUT2D eigenvalue weighted by molar-refractivity contribution is 0.0463. The molecule has 0 saturated carbocycles. The molecule has 2 heterocycles. The van der Waals surface area contributed by atoms with Crippen molar-refractivity contribution in [2.45, 2.75) is 24.2 Å². The maximum atomic E-state index is 12.6. The fourth-order valence-corrected chi connectivity index (χ4v) is 3.61. The number of benzene rings is 2. The van der Waals surface area contributed by atoms with Gasteiger partial charge >= 0.3 is 5.97 Å². The van der Waals surface area contributed by atoms with Crippen LogP contribution in [-0.2, 0) is 17.1 Å². The molecule has 4 rings (SSSR count). The fraction of sp³-hybridized carbons (Fsp3) is 0.136. The van der Waals surface area contributed by atoms with Crippen LogP contribution in [0.1, 0.15) is 27.5 Å². The van der Waals surface area contributed by atoms with E-state index in [1.807, 2.05) is 61.5 Å². The molecule has 0 unspecified atom stereocenters. The Bertz CT molecular complexity index is 1100. The molecule has 0 aliphatic carbocycles. The molecule has 0 aliphatic heterocycles. The summed E-state index contributed by atoms with van der Waals surface area (Å²) in [4.78, 5) is 17.8. The zero-order valence-corrected chi connectivity index (χ0v) is 16.5. The van der Waals surface area contributed by atoms with Gasteiger partial charge < -0.3 is 13.7 Å². The first kappa shape index (κ1) is 19.0. The Labute approximate surface area is 171 Å². The Kier molecular flexibility index (Phi) is 5.76. The molecular weight excluding hydrogens is 388 g/mol. The molecule has 0 amide bonds. The van der Waals surface area contributed by atoms with Crippen LogP contribution in [0.25, 0.3) is 11.5 Å². The second kappa shape index (κ2) is 8.79. The highest BCUT2D eigenvalue weighted by Crippen LogP contribution is 2.27. The van der Waals surface area contributed by atoms with E-state index in [4.69, 9.17) is 13.7 Å². The molecule has 4 aromatic rings. The number of aromatic nitrogens is 2. The van der Waals surface area contributed by atoms with Crippen LogP contribution < -0.4 is 0 Å². The van der Waals surface area contributed by atoms with Gasteiger partial charge in [-0.3, -0.25) is 0 Å². The average molecular weight is 406 g/mol. The Morgan fingerprint density at radius 2 is 1.90 bits per heavy atom. The van der Waals surface area contributed by atoms with E-state index in [2.05, 4.69) is 10.1 Å². The van der Waals surface area contributed by atoms with Gasteiger partial charge in [0, 0.05) is 16.5 Å². The first-order valence-electron chi connectivity index (χ1n) is 9.00. The average Bonchev–Trinajstić information content (AvgIpc) is 3.40. The van der Waals surface area contributed by atoms with Crippen LogP contribution in [0.3, 0.4) is 0 Å². The summed E-state index contributed by atoms with van der Waals surface area (Å²) < 4.78 is 16.2. The third-order valence-corrected chi connectivity index (χ3v) is 5.17. The quantitative estimate of drug-likeness (QED) is 0.305. The van der Waals surface area contributed by atoms with Crippen LogP contribution in [0, 0.1) is 6.92 Å². The normalized spacial score (nSPS) is 10.8. The summed E-state index contributed by atoms with van der Waals surface area (Å²) in [6.07, 6.45) is 1.50. The number of aryl methyl sites for hydroxylation is 1. The minimum Gasteiger partial charge on any atom is -0.455 e. The maximum absolute atomic E-state index is 12.6. The number of hydrogen-bond donors (Lipinski definition) is 0. The van der Waals surface area contributed by atoms with E-state index in [0.717, 1.165) is 21.9 Å². The summed E-state index contributed by atoms with van der Waals surface area (Å²) in [5.41, 5.74) is 2.75. The van der Waals surface area contributed by atoms with Gasteiger partial charge in [0.2, 0.25) is 5.89 Å². The van der Waals surface area contributed by atoms with E-state index in [-0.39, 0.29) is 6.61 Å². The number of hydrogen-bond acceptors (Lipinski definition) is 7. The van der Waals surface area contributed by atoms with Gasteiger partial charge in [-0.05, 0) is 31.2 Å². The molecule has 0 atom stereocenters. The van der Waals surface area contributed by atoms with E-state index in [1.165, 1.54) is 18.0 Å². The van der Waals surface area contributed by atoms with Crippen LogP contribution in [0.15, 0.2) is 80.8 Å². The molecule has 29 heavy (non-hydrogen) atoms. The number of carbonyl (C=O) groups excluding carboxylic acids is 1. The van der Waals surface area contributed by atoms with Crippen molar-refractivity contribution >= 4 is 17.7 Å². The zero-order valence-electron chi connectivity index (χ0n) is 15.7. The summed E-state index contributed by atoms with van der Waals surface area (Å²) in [5, 5.41) is 3.88. The zero-order chi connectivity index (χ0) is 20.1. The molecule has 0 fully saturated rings. The topological polar surface area (TPSA) is 78.4 Å². The number of thioether (sulfide) groups is 1. The standard InChI is InChI=1S/C22H18N2O4S/c1-15-11-18(28-24-15)14-29-20-10-6-5-9-19(20)22(25)27-13-17-12-26-21(23-17)16-7-3-2-4-8-16/h2-12H,13-14H2,1H3. The minimum atomic E-state index is -0.411. The Hall–Kier alpha value is -3.32. The second-order valence-electron chi connectivity index (χ2n) is 6.31. The summed E-state index contributed by atoms with van der Waals surface area (Å²) in [5.74, 6) is 1.42. The molecule has 2 aromatic carbocycles. The number of rotatable bonds is 7. The van der Waals surface area contributed by atoms with Crippen LogP contribution in [0.2, 0.25) is 0 Å². The van der Waals surface area contributed by atoms with Crippen molar-refractivity contribution < 1.29 is 18.5 Å². The van der Waals surface area contributed by atoms with E-state index in [0.29, 0.717) is 22.9 Å². The lowest BCUT2D eigenvalue weighted by atomic mass is 10.2. The van der Waals surface area contributed by atoms with Crippen LogP contribution in [-0.4, -0.2) is 16.1 Å². The monoisotopic (exact) mass is 406 g/mol. The summed E-state index contributed by atoms with van der Waals surface area (Å²) in [6.45, 7) is 1.91. The molecule has 0 aliphatic rings. The summed E-state index contributed by atoms with van der Waals surface area (Å²) >= 11 is 1.50. The fourth-order valence-electron chi connectivity index (χ4n) is 2.70. The Morgan fingerprint density at radius 1 is 1.10 bits per heavy atom.